The number of hydrazone groups is 1. The first-order valence-electron chi connectivity index (χ1n) is 13.0. The second-order valence-electron chi connectivity index (χ2n) is 9.24. The Morgan fingerprint density at radius 1 is 0.667 bits per heavy atom. The molecule has 0 atom stereocenters. The van der Waals surface area contributed by atoms with E-state index in [1.807, 2.05) is 89.6 Å². The van der Waals surface area contributed by atoms with E-state index in [2.05, 4.69) is 77.6 Å². The predicted molar refractivity (Wildman–Crippen MR) is 157 cm³/mol. The summed E-state index contributed by atoms with van der Waals surface area (Å²) in [6.07, 6.45) is 0. The fourth-order valence-corrected chi connectivity index (χ4v) is 4.52. The van der Waals surface area contributed by atoms with Gasteiger partial charge in [-0.1, -0.05) is 107 Å². The number of hydrogen-bond acceptors (Lipinski definition) is 3. The van der Waals surface area contributed by atoms with Crippen molar-refractivity contribution < 1.29 is 4.57 Å². The zero-order chi connectivity index (χ0) is 26.4. The Morgan fingerprint density at radius 2 is 1.23 bits per heavy atom. The van der Waals surface area contributed by atoms with Crippen LogP contribution in [0.2, 0.25) is 0 Å². The van der Waals surface area contributed by atoms with Gasteiger partial charge in [0.15, 0.2) is 5.71 Å². The average molecular weight is 507 g/mol. The largest absolute Gasteiger partial charge is 0.314 e. The molecule has 5 heteroatoms. The van der Waals surface area contributed by atoms with Gasteiger partial charge in [0, 0.05) is 5.56 Å². The van der Waals surface area contributed by atoms with E-state index in [9.17, 15) is 0 Å². The third kappa shape index (κ3) is 5.11. The highest BCUT2D eigenvalue weighted by Crippen LogP contribution is 2.22. The van der Waals surface area contributed by atoms with E-state index in [0.29, 0.717) is 0 Å². The molecule has 0 fully saturated rings. The lowest BCUT2D eigenvalue weighted by molar-refractivity contribution is -0.586. The first-order chi connectivity index (χ1) is 19.3. The van der Waals surface area contributed by atoms with Crippen molar-refractivity contribution in [2.75, 3.05) is 5.43 Å². The number of aryl methyl sites for hydroxylation is 1. The lowest BCUT2D eigenvalue weighted by atomic mass is 10.1. The lowest BCUT2D eigenvalue weighted by Crippen LogP contribution is -2.40. The molecule has 0 amide bonds. The molecule has 5 nitrogen and oxygen atoms in total. The molecular weight excluding hydrogens is 478 g/mol. The summed E-state index contributed by atoms with van der Waals surface area (Å²) >= 11 is 0. The molecule has 0 spiro atoms. The van der Waals surface area contributed by atoms with Crippen molar-refractivity contribution in [2.24, 2.45) is 5.10 Å². The van der Waals surface area contributed by atoms with Crippen LogP contribution in [0.4, 0.5) is 5.69 Å². The van der Waals surface area contributed by atoms with Crippen LogP contribution in [0.15, 0.2) is 151 Å². The van der Waals surface area contributed by atoms with Crippen LogP contribution in [0.3, 0.4) is 0 Å². The number of nitrogens with zero attached hydrogens (tertiary/aromatic N) is 4. The van der Waals surface area contributed by atoms with Crippen molar-refractivity contribution in [3.63, 3.8) is 0 Å². The van der Waals surface area contributed by atoms with Gasteiger partial charge in [0.05, 0.1) is 16.3 Å². The molecule has 5 aromatic carbocycles. The van der Waals surface area contributed by atoms with Crippen LogP contribution in [0.5, 0.6) is 0 Å². The third-order valence-corrected chi connectivity index (χ3v) is 6.47. The lowest BCUT2D eigenvalue weighted by Gasteiger charge is -2.10. The summed E-state index contributed by atoms with van der Waals surface area (Å²) in [7, 11) is 0. The van der Waals surface area contributed by atoms with E-state index >= 15 is 0 Å². The molecule has 6 aromatic rings. The molecule has 188 valence electrons. The van der Waals surface area contributed by atoms with Gasteiger partial charge in [-0.2, -0.15) is 9.67 Å². The van der Waals surface area contributed by atoms with Gasteiger partial charge in [-0.25, -0.2) is 0 Å². The summed E-state index contributed by atoms with van der Waals surface area (Å²) in [5.41, 5.74) is 10.1. The molecule has 39 heavy (non-hydrogen) atoms. The summed E-state index contributed by atoms with van der Waals surface area (Å²) in [5.74, 6) is 1.65. The molecule has 0 saturated carbocycles. The van der Waals surface area contributed by atoms with Gasteiger partial charge in [0.2, 0.25) is 0 Å². The first kappa shape index (κ1) is 24.1. The van der Waals surface area contributed by atoms with Crippen molar-refractivity contribution in [3.05, 3.63) is 163 Å². The van der Waals surface area contributed by atoms with Crippen LogP contribution >= 0.6 is 0 Å². The van der Waals surface area contributed by atoms with Gasteiger partial charge in [0.1, 0.15) is 11.4 Å². The van der Waals surface area contributed by atoms with E-state index < -0.39 is 0 Å². The van der Waals surface area contributed by atoms with Crippen molar-refractivity contribution in [1.29, 1.82) is 0 Å². The predicted octanol–water partition coefficient (Wildman–Crippen LogP) is 6.99. The second kappa shape index (κ2) is 11.0. The second-order valence-corrected chi connectivity index (χ2v) is 9.24. The van der Waals surface area contributed by atoms with Crippen LogP contribution in [0.25, 0.3) is 22.8 Å². The maximum absolute atomic E-state index is 5.22. The zero-order valence-electron chi connectivity index (χ0n) is 21.6. The number of aromatic nitrogens is 3. The molecule has 0 saturated heterocycles. The standard InChI is InChI=1S/C34H27N5/c1-26-22-24-30(25-23-26)38-33(28-16-8-3-9-17-28)37-39(31-20-12-5-13-21-31)34(38)32(27-14-6-2-7-15-27)36-35-29-18-10-4-11-19-29/h2-25H,1H3/p+1. The Hall–Kier alpha value is -5.29. The topological polar surface area (TPSA) is 46.1 Å². The molecule has 0 bridgehead atoms. The van der Waals surface area contributed by atoms with Crippen LogP contribution in [0, 0.1) is 6.92 Å². The molecule has 1 heterocycles. The van der Waals surface area contributed by atoms with E-state index in [1.54, 1.807) is 0 Å². The highest BCUT2D eigenvalue weighted by atomic mass is 15.4. The Balaban J connectivity index is 1.69. The summed E-state index contributed by atoms with van der Waals surface area (Å²) < 4.78 is 4.18. The normalized spacial score (nSPS) is 11.4. The fraction of sp³-hybridized carbons (Fsp3) is 0.0294. The molecule has 0 unspecified atom stereocenters. The summed E-state index contributed by atoms with van der Waals surface area (Å²) in [6.45, 7) is 2.10. The first-order valence-corrected chi connectivity index (χ1v) is 13.0. The number of anilines is 1. The van der Waals surface area contributed by atoms with Gasteiger partial charge in [-0.05, 0) is 55.5 Å². The summed E-state index contributed by atoms with van der Waals surface area (Å²) in [5, 5.41) is 10.2. The van der Waals surface area contributed by atoms with Crippen molar-refractivity contribution in [2.45, 2.75) is 6.92 Å². The minimum atomic E-state index is 0.763. The Morgan fingerprint density at radius 3 is 1.87 bits per heavy atom. The molecule has 6 rings (SSSR count). The molecule has 0 aliphatic rings. The quantitative estimate of drug-likeness (QED) is 0.144. The van der Waals surface area contributed by atoms with Crippen LogP contribution in [-0.4, -0.2) is 15.5 Å². The molecule has 0 aliphatic carbocycles. The fourth-order valence-electron chi connectivity index (χ4n) is 4.52. The molecule has 1 aromatic heterocycles. The maximum Gasteiger partial charge on any atom is 0.314 e. The number of para-hydroxylation sites is 2. The zero-order valence-corrected chi connectivity index (χ0v) is 21.6. The van der Waals surface area contributed by atoms with E-state index in [0.717, 1.165) is 45.5 Å². The average Bonchev–Trinajstić information content (AvgIpc) is 3.40. The minimum Gasteiger partial charge on any atom is -0.278 e. The van der Waals surface area contributed by atoms with Crippen LogP contribution in [0.1, 0.15) is 17.0 Å². The van der Waals surface area contributed by atoms with Crippen molar-refractivity contribution >= 4 is 11.4 Å². The smallest absolute Gasteiger partial charge is 0.278 e. The monoisotopic (exact) mass is 506 g/mol. The van der Waals surface area contributed by atoms with E-state index in [-0.39, 0.29) is 0 Å². The van der Waals surface area contributed by atoms with Gasteiger partial charge in [-0.15, -0.1) is 0 Å². The van der Waals surface area contributed by atoms with Crippen molar-refractivity contribution in [3.8, 4) is 22.8 Å². The third-order valence-electron chi connectivity index (χ3n) is 6.47. The Kier molecular flexibility index (Phi) is 6.78. The van der Waals surface area contributed by atoms with Crippen LogP contribution in [-0.2, 0) is 0 Å². The number of benzene rings is 5. The SMILES string of the molecule is Cc1ccc(-[n+]2c(-c3ccccc3)nn(-c3ccccc3)c2C(=NNc2ccccc2)c2ccccc2)cc1. The maximum atomic E-state index is 5.22. The molecular formula is C34H28N5+. The molecule has 0 aliphatic heterocycles. The van der Waals surface area contributed by atoms with E-state index in [1.165, 1.54) is 5.56 Å². The van der Waals surface area contributed by atoms with Crippen molar-refractivity contribution in [1.82, 2.24) is 9.78 Å². The van der Waals surface area contributed by atoms with Gasteiger partial charge >= 0.3 is 5.82 Å². The van der Waals surface area contributed by atoms with Gasteiger partial charge in [0.25, 0.3) is 5.82 Å². The van der Waals surface area contributed by atoms with Gasteiger partial charge in [-0.3, -0.25) is 5.43 Å². The Labute approximate surface area is 228 Å². The van der Waals surface area contributed by atoms with Crippen LogP contribution < -0.4 is 9.99 Å². The van der Waals surface area contributed by atoms with Gasteiger partial charge < -0.3 is 0 Å². The molecule has 1 N–H and O–H groups in total. The minimum absolute atomic E-state index is 0.763. The summed E-state index contributed by atoms with van der Waals surface area (Å²) in [6, 6.07) is 49.3. The highest BCUT2D eigenvalue weighted by molar-refractivity contribution is 6.10. The number of hydrogen-bond donors (Lipinski definition) is 1. The molecule has 0 radical (unpaired) electrons. The summed E-state index contributed by atoms with van der Waals surface area (Å²) in [4.78, 5) is 0. The number of rotatable bonds is 7. The highest BCUT2D eigenvalue weighted by Gasteiger charge is 2.34. The Bertz CT molecular complexity index is 1690. The van der Waals surface area contributed by atoms with E-state index in [4.69, 9.17) is 10.2 Å². The number of nitrogens with one attached hydrogen (secondary N) is 1.